The zero-order valence-electron chi connectivity index (χ0n) is 14.0. The second kappa shape index (κ2) is 5.34. The predicted molar refractivity (Wildman–Crippen MR) is 81.9 cm³/mol. The van der Waals surface area contributed by atoms with Crippen molar-refractivity contribution in [1.29, 1.82) is 0 Å². The fraction of sp³-hybridized carbons (Fsp3) is 0.786. The molecule has 23 heavy (non-hydrogen) atoms. The number of carbonyl (C=O) groups excluding carboxylic acids is 1. The molecular weight excluding hydrogens is 341 g/mol. The van der Waals surface area contributed by atoms with E-state index in [-0.39, 0.29) is 12.8 Å². The average Bonchev–Trinajstić information content (AvgIpc) is 2.73. The van der Waals surface area contributed by atoms with Crippen molar-refractivity contribution in [2.45, 2.75) is 58.5 Å². The van der Waals surface area contributed by atoms with E-state index in [9.17, 15) is 24.2 Å². The van der Waals surface area contributed by atoms with Gasteiger partial charge in [0, 0.05) is 12.1 Å². The monoisotopic (exact) mass is 365 g/mol. The maximum atomic E-state index is 13.5. The smallest absolute Gasteiger partial charge is 0.327 e. The van der Waals surface area contributed by atoms with E-state index in [0.29, 0.717) is 6.42 Å². The van der Waals surface area contributed by atoms with Crippen LogP contribution in [0.15, 0.2) is 10.5 Å². The number of nitrogens with zero attached hydrogens (tertiary/aromatic N) is 1. The Balaban J connectivity index is 3.56. The molecule has 0 aromatic rings. The van der Waals surface area contributed by atoms with Crippen molar-refractivity contribution in [2.75, 3.05) is 13.7 Å². The summed E-state index contributed by atoms with van der Waals surface area (Å²) in [5, 5.41) is 0. The number of halogens is 5. The van der Waals surface area contributed by atoms with E-state index in [4.69, 9.17) is 0 Å². The largest absolute Gasteiger partial charge is 0.468 e. The molecule has 1 unspecified atom stereocenters. The van der Waals surface area contributed by atoms with Crippen molar-refractivity contribution in [1.82, 2.24) is 4.90 Å². The highest BCUT2D eigenvalue weighted by molar-refractivity contribution is 8.48. The second-order valence-electron chi connectivity index (χ2n) is 6.75. The molecule has 1 rings (SSSR count). The number of ether oxygens (including phenoxy) is 1. The molecule has 0 aromatic carbocycles. The molecule has 3 nitrogen and oxygen atoms in total. The fourth-order valence-electron chi connectivity index (χ4n) is 2.71. The Hall–Kier alpha value is -0.830. The molecule has 0 radical (unpaired) electrons. The van der Waals surface area contributed by atoms with Gasteiger partial charge in [0.15, 0.2) is 0 Å². The lowest BCUT2D eigenvalue weighted by Crippen LogP contribution is -2.50. The third-order valence-corrected chi connectivity index (χ3v) is 5.19. The first-order chi connectivity index (χ1) is 10.0. The van der Waals surface area contributed by atoms with Crippen LogP contribution in [0.5, 0.6) is 0 Å². The van der Waals surface area contributed by atoms with Crippen LogP contribution in [-0.2, 0) is 9.53 Å². The summed E-state index contributed by atoms with van der Waals surface area (Å²) in [6, 6.07) is -1.43. The second-order valence-corrected chi connectivity index (χ2v) is 9.18. The zero-order valence-corrected chi connectivity index (χ0v) is 14.8. The third-order valence-electron chi connectivity index (χ3n) is 3.87. The van der Waals surface area contributed by atoms with Gasteiger partial charge in [-0.15, -0.1) is 0 Å². The van der Waals surface area contributed by atoms with E-state index in [1.165, 1.54) is 0 Å². The molecule has 138 valence electrons. The van der Waals surface area contributed by atoms with Gasteiger partial charge in [0.25, 0.3) is 0 Å². The molecular formula is C14H24F5NO2S. The van der Waals surface area contributed by atoms with Crippen LogP contribution in [-0.4, -0.2) is 36.1 Å². The molecule has 1 atom stereocenters. The van der Waals surface area contributed by atoms with Gasteiger partial charge in [-0.05, 0) is 39.2 Å². The molecule has 0 spiro atoms. The fourth-order valence-corrected chi connectivity index (χ4v) is 3.80. The lowest BCUT2D eigenvalue weighted by molar-refractivity contribution is -0.146. The summed E-state index contributed by atoms with van der Waals surface area (Å²) in [7, 11) is -8.81. The molecule has 0 saturated carbocycles. The normalized spacial score (nSPS) is 23.7. The first-order valence-electron chi connectivity index (χ1n) is 7.33. The summed E-state index contributed by atoms with van der Waals surface area (Å²) in [4.78, 5) is 11.3. The van der Waals surface area contributed by atoms with Gasteiger partial charge in [-0.2, -0.15) is 0 Å². The Bertz CT molecular complexity index is 521. The molecule has 1 aliphatic rings. The number of esters is 1. The topological polar surface area (TPSA) is 29.5 Å². The van der Waals surface area contributed by atoms with Crippen LogP contribution >= 0.6 is 10.2 Å². The lowest BCUT2D eigenvalue weighted by atomic mass is 9.98. The summed E-state index contributed by atoms with van der Waals surface area (Å²) in [6.45, 7) is 5.47. The maximum absolute atomic E-state index is 13.5. The van der Waals surface area contributed by atoms with Gasteiger partial charge in [0.2, 0.25) is 0 Å². The first-order valence-corrected chi connectivity index (χ1v) is 9.28. The van der Waals surface area contributed by atoms with Crippen LogP contribution in [0.3, 0.4) is 0 Å². The molecule has 1 heterocycles. The predicted octanol–water partition coefficient (Wildman–Crippen LogP) is 5.38. The highest BCUT2D eigenvalue weighted by atomic mass is 32.5. The number of hydrogen-bond donors (Lipinski definition) is 0. The van der Waals surface area contributed by atoms with Gasteiger partial charge in [-0.25, -0.2) is 4.79 Å². The van der Waals surface area contributed by atoms with E-state index in [2.05, 4.69) is 4.74 Å². The van der Waals surface area contributed by atoms with Crippen LogP contribution in [0.4, 0.5) is 19.4 Å². The Morgan fingerprint density at radius 2 is 1.78 bits per heavy atom. The van der Waals surface area contributed by atoms with Gasteiger partial charge < -0.3 is 4.74 Å². The number of rotatable bonds is 5. The summed E-state index contributed by atoms with van der Waals surface area (Å²) in [5.74, 6) is -0.942. The quantitative estimate of drug-likeness (QED) is 0.484. The Morgan fingerprint density at radius 1 is 1.26 bits per heavy atom. The SMILES string of the molecule is CCCCC1=C(S(F)(F)(F)(F)F)CN(C(C)(C)C)C1C(=O)OC. The molecule has 9 heteroatoms. The Kier molecular flexibility index (Phi) is 4.69. The van der Waals surface area contributed by atoms with Gasteiger partial charge in [-0.1, -0.05) is 32.8 Å². The molecule has 0 aromatic heterocycles. The standard InChI is InChI=1S/C14H24F5NO2S/c1-6-7-8-10-11(23(15,16,17,18)19)9-20(14(2,3)4)12(10)13(21)22-5/h12H,6-9H2,1-5H3. The van der Waals surface area contributed by atoms with Gasteiger partial charge in [0.1, 0.15) is 6.04 Å². The average molecular weight is 365 g/mol. The van der Waals surface area contributed by atoms with Gasteiger partial charge in [-0.3, -0.25) is 4.90 Å². The number of carbonyl (C=O) groups is 1. The maximum Gasteiger partial charge on any atom is 0.327 e. The van der Waals surface area contributed by atoms with Gasteiger partial charge in [0.05, 0.1) is 12.0 Å². The minimum absolute atomic E-state index is 0.205. The van der Waals surface area contributed by atoms with Crippen molar-refractivity contribution in [3.8, 4) is 0 Å². The Morgan fingerprint density at radius 3 is 2.13 bits per heavy atom. The summed E-state index contributed by atoms with van der Waals surface area (Å²) < 4.78 is 71.9. The molecule has 1 aliphatic heterocycles. The van der Waals surface area contributed by atoms with Crippen LogP contribution < -0.4 is 0 Å². The van der Waals surface area contributed by atoms with Crippen molar-refractivity contribution in [3.63, 3.8) is 0 Å². The molecule has 0 amide bonds. The van der Waals surface area contributed by atoms with Crippen LogP contribution in [0.1, 0.15) is 47.0 Å². The number of methoxy groups -OCH3 is 1. The first kappa shape index (κ1) is 20.2. The third kappa shape index (κ3) is 4.59. The van der Waals surface area contributed by atoms with Crippen LogP contribution in [0.2, 0.25) is 0 Å². The molecule has 0 fully saturated rings. The van der Waals surface area contributed by atoms with Crippen LogP contribution in [0.25, 0.3) is 0 Å². The summed E-state index contributed by atoms with van der Waals surface area (Å²) in [6.07, 6.45) is 0.614. The lowest BCUT2D eigenvalue weighted by Gasteiger charge is -2.43. The minimum Gasteiger partial charge on any atom is -0.468 e. The van der Waals surface area contributed by atoms with Crippen molar-refractivity contribution < 1.29 is 29.0 Å². The summed E-state index contributed by atoms with van der Waals surface area (Å²) in [5.41, 5.74) is -1.45. The summed E-state index contributed by atoms with van der Waals surface area (Å²) >= 11 is 0. The molecule has 0 bridgehead atoms. The van der Waals surface area contributed by atoms with Crippen molar-refractivity contribution >= 4 is 16.2 Å². The minimum atomic E-state index is -9.85. The molecule has 0 aliphatic carbocycles. The molecule has 0 N–H and O–H groups in total. The Labute approximate surface area is 133 Å². The molecule has 0 saturated heterocycles. The van der Waals surface area contributed by atoms with E-state index < -0.39 is 44.8 Å². The van der Waals surface area contributed by atoms with E-state index in [0.717, 1.165) is 12.0 Å². The van der Waals surface area contributed by atoms with Crippen molar-refractivity contribution in [3.05, 3.63) is 10.5 Å². The number of hydrogen-bond acceptors (Lipinski definition) is 3. The van der Waals surface area contributed by atoms with E-state index in [1.54, 1.807) is 27.7 Å². The van der Waals surface area contributed by atoms with E-state index >= 15 is 0 Å². The van der Waals surface area contributed by atoms with Gasteiger partial charge >= 0.3 is 16.2 Å². The number of unbranched alkanes of at least 4 members (excludes halogenated alkanes) is 1. The highest BCUT2D eigenvalue weighted by Gasteiger charge is 2.70. The van der Waals surface area contributed by atoms with Crippen molar-refractivity contribution in [2.24, 2.45) is 0 Å². The highest BCUT2D eigenvalue weighted by Crippen LogP contribution is 3.02. The van der Waals surface area contributed by atoms with Crippen LogP contribution in [0, 0.1) is 0 Å². The van der Waals surface area contributed by atoms with E-state index in [1.807, 2.05) is 0 Å². The zero-order chi connectivity index (χ0) is 18.3.